The normalized spacial score (nSPS) is 6.75. The van der Waals surface area contributed by atoms with Crippen molar-refractivity contribution in [2.75, 3.05) is 0 Å². The molecule has 24 heavy (non-hydrogen) atoms. The van der Waals surface area contributed by atoms with Crippen LogP contribution in [0.1, 0.15) is 41.5 Å². The van der Waals surface area contributed by atoms with E-state index in [1.807, 2.05) is 151 Å². The summed E-state index contributed by atoms with van der Waals surface area (Å²) in [7, 11) is 0. The van der Waals surface area contributed by atoms with E-state index in [2.05, 4.69) is 0 Å². The molecule has 0 heteroatoms. The molecule has 3 aromatic rings. The molecule has 0 atom stereocenters. The first-order valence-electron chi connectivity index (χ1n) is 9.00. The minimum Gasteiger partial charge on any atom is -0.0683 e. The van der Waals surface area contributed by atoms with E-state index in [0.29, 0.717) is 0 Å². The molecule has 0 spiro atoms. The standard InChI is InChI=1S/3C6H6.3C2H6/c3*1-2-4-6-5-3-1;3*1-2/h3*1-6H;3*1-2H3. The summed E-state index contributed by atoms with van der Waals surface area (Å²) in [6.07, 6.45) is 0. The monoisotopic (exact) mass is 324 g/mol. The number of benzene rings is 3. The first-order chi connectivity index (χ1) is 12.0. The highest BCUT2D eigenvalue weighted by molar-refractivity contribution is 5.00. The fraction of sp³-hybridized carbons (Fsp3) is 0.250. The van der Waals surface area contributed by atoms with E-state index in [0.717, 1.165) is 0 Å². The molecular weight excluding hydrogens is 288 g/mol. The van der Waals surface area contributed by atoms with Crippen molar-refractivity contribution in [1.29, 1.82) is 0 Å². The summed E-state index contributed by atoms with van der Waals surface area (Å²) in [5, 5.41) is 0. The van der Waals surface area contributed by atoms with Crippen molar-refractivity contribution in [3.05, 3.63) is 109 Å². The molecule has 0 aromatic heterocycles. The van der Waals surface area contributed by atoms with Gasteiger partial charge in [0, 0.05) is 0 Å². The molecule has 0 aliphatic heterocycles. The average Bonchev–Trinajstić information content (AvgIpc) is 2.77. The van der Waals surface area contributed by atoms with Crippen LogP contribution in [0.4, 0.5) is 0 Å². The second kappa shape index (κ2) is 32.6. The molecule has 0 heterocycles. The van der Waals surface area contributed by atoms with E-state index in [4.69, 9.17) is 0 Å². The molecule has 0 saturated carbocycles. The molecule has 0 saturated heterocycles. The van der Waals surface area contributed by atoms with Gasteiger partial charge < -0.3 is 0 Å². The molecule has 0 bridgehead atoms. The zero-order valence-electron chi connectivity index (χ0n) is 16.4. The van der Waals surface area contributed by atoms with Gasteiger partial charge in [0.25, 0.3) is 0 Å². The van der Waals surface area contributed by atoms with E-state index >= 15 is 0 Å². The van der Waals surface area contributed by atoms with Gasteiger partial charge in [0.15, 0.2) is 0 Å². The summed E-state index contributed by atoms with van der Waals surface area (Å²) < 4.78 is 0. The van der Waals surface area contributed by atoms with Gasteiger partial charge in [-0.25, -0.2) is 0 Å². The van der Waals surface area contributed by atoms with Crippen molar-refractivity contribution >= 4 is 0 Å². The second-order valence-electron chi connectivity index (χ2n) is 3.46. The Hall–Kier alpha value is -2.34. The van der Waals surface area contributed by atoms with Crippen molar-refractivity contribution in [2.45, 2.75) is 41.5 Å². The Bertz CT molecular complexity index is 291. The summed E-state index contributed by atoms with van der Waals surface area (Å²) in [6.45, 7) is 12.0. The highest BCUT2D eigenvalue weighted by Gasteiger charge is 1.59. The molecule has 0 aliphatic carbocycles. The van der Waals surface area contributed by atoms with Gasteiger partial charge in [-0.1, -0.05) is 151 Å². The molecule has 0 N–H and O–H groups in total. The molecule has 0 aliphatic rings. The van der Waals surface area contributed by atoms with Crippen LogP contribution >= 0.6 is 0 Å². The van der Waals surface area contributed by atoms with Gasteiger partial charge in [-0.2, -0.15) is 0 Å². The molecule has 0 nitrogen and oxygen atoms in total. The minimum atomic E-state index is 2.00. The van der Waals surface area contributed by atoms with Crippen LogP contribution in [-0.2, 0) is 0 Å². The third-order valence-electron chi connectivity index (χ3n) is 2.00. The Kier molecular flexibility index (Phi) is 36.0. The Labute approximate surface area is 151 Å². The van der Waals surface area contributed by atoms with Crippen molar-refractivity contribution in [1.82, 2.24) is 0 Å². The Morgan fingerprint density at radius 2 is 0.208 bits per heavy atom. The number of hydrogen-bond acceptors (Lipinski definition) is 0. The van der Waals surface area contributed by atoms with Crippen LogP contribution in [-0.4, -0.2) is 0 Å². The maximum absolute atomic E-state index is 2.00. The first kappa shape index (κ1) is 26.6. The maximum Gasteiger partial charge on any atom is -0.0623 e. The average molecular weight is 325 g/mol. The molecule has 0 radical (unpaired) electrons. The van der Waals surface area contributed by atoms with Crippen LogP contribution in [0.15, 0.2) is 109 Å². The van der Waals surface area contributed by atoms with Crippen molar-refractivity contribution < 1.29 is 0 Å². The summed E-state index contributed by atoms with van der Waals surface area (Å²) >= 11 is 0. The second-order valence-corrected chi connectivity index (χ2v) is 3.46. The zero-order valence-corrected chi connectivity index (χ0v) is 16.4. The first-order valence-corrected chi connectivity index (χ1v) is 9.00. The SMILES string of the molecule is CC.CC.CC.c1ccccc1.c1ccccc1.c1ccccc1. The fourth-order valence-corrected chi connectivity index (χ4v) is 1.15. The zero-order chi connectivity index (χ0) is 18.7. The topological polar surface area (TPSA) is 0 Å². The lowest BCUT2D eigenvalue weighted by atomic mass is 10.4. The Morgan fingerprint density at radius 1 is 0.167 bits per heavy atom. The van der Waals surface area contributed by atoms with Crippen LogP contribution in [0.5, 0.6) is 0 Å². The van der Waals surface area contributed by atoms with Gasteiger partial charge in [0.05, 0.1) is 0 Å². The van der Waals surface area contributed by atoms with Gasteiger partial charge in [-0.3, -0.25) is 0 Å². The van der Waals surface area contributed by atoms with Gasteiger partial charge in [0.1, 0.15) is 0 Å². The minimum absolute atomic E-state index is 2.00. The van der Waals surface area contributed by atoms with Gasteiger partial charge in [-0.15, -0.1) is 0 Å². The summed E-state index contributed by atoms with van der Waals surface area (Å²) in [5.74, 6) is 0. The van der Waals surface area contributed by atoms with Crippen LogP contribution in [0.3, 0.4) is 0 Å². The van der Waals surface area contributed by atoms with E-state index in [-0.39, 0.29) is 0 Å². The molecule has 0 amide bonds. The van der Waals surface area contributed by atoms with Crippen molar-refractivity contribution in [3.63, 3.8) is 0 Å². The lowest BCUT2D eigenvalue weighted by Crippen LogP contribution is -1.47. The van der Waals surface area contributed by atoms with E-state index in [9.17, 15) is 0 Å². The summed E-state index contributed by atoms with van der Waals surface area (Å²) in [4.78, 5) is 0. The van der Waals surface area contributed by atoms with Gasteiger partial charge in [-0.05, 0) is 0 Å². The van der Waals surface area contributed by atoms with E-state index in [1.54, 1.807) is 0 Å². The quantitative estimate of drug-likeness (QED) is 0.391. The molecule has 3 rings (SSSR count). The Morgan fingerprint density at radius 3 is 0.250 bits per heavy atom. The van der Waals surface area contributed by atoms with Crippen LogP contribution < -0.4 is 0 Å². The van der Waals surface area contributed by atoms with E-state index in [1.165, 1.54) is 0 Å². The van der Waals surface area contributed by atoms with Gasteiger partial charge in [0.2, 0.25) is 0 Å². The van der Waals surface area contributed by atoms with Crippen molar-refractivity contribution in [2.24, 2.45) is 0 Å². The lowest BCUT2D eigenvalue weighted by Gasteiger charge is -1.69. The smallest absolute Gasteiger partial charge is 0.0623 e. The molecule has 0 fully saturated rings. The van der Waals surface area contributed by atoms with Crippen molar-refractivity contribution in [3.8, 4) is 0 Å². The van der Waals surface area contributed by atoms with Crippen LogP contribution in [0.2, 0.25) is 0 Å². The highest BCUT2D eigenvalue weighted by Crippen LogP contribution is 1.81. The number of hydrogen-bond donors (Lipinski definition) is 0. The van der Waals surface area contributed by atoms with E-state index < -0.39 is 0 Å². The third-order valence-corrected chi connectivity index (χ3v) is 2.00. The summed E-state index contributed by atoms with van der Waals surface area (Å²) in [6, 6.07) is 36.0. The largest absolute Gasteiger partial charge is 0.0683 e. The number of rotatable bonds is 0. The maximum atomic E-state index is 2.00. The fourth-order valence-electron chi connectivity index (χ4n) is 1.15. The molecule has 132 valence electrons. The lowest BCUT2D eigenvalue weighted by molar-refractivity contribution is 1.50. The predicted octanol–water partition coefficient (Wildman–Crippen LogP) is 8.14. The molecular formula is C24H36. The van der Waals surface area contributed by atoms with Gasteiger partial charge >= 0.3 is 0 Å². The predicted molar refractivity (Wildman–Crippen MR) is 113 cm³/mol. The molecule has 3 aromatic carbocycles. The van der Waals surface area contributed by atoms with Crippen LogP contribution in [0, 0.1) is 0 Å². The molecule has 0 unspecified atom stereocenters. The summed E-state index contributed by atoms with van der Waals surface area (Å²) in [5.41, 5.74) is 0. The Balaban J connectivity index is -0.000000239. The van der Waals surface area contributed by atoms with Crippen LogP contribution in [0.25, 0.3) is 0 Å². The third kappa shape index (κ3) is 27.9. The highest BCUT2D eigenvalue weighted by atomic mass is 13.7.